The standard InChI is InChI=1S/C12H12N4O2S2/c1-7-8(2)19-12(10(7)5-13)16-20(17,18)9-3-4-11(14)15-6-9/h3-4,6,16H,1-2H3,(H2,14,15). The summed E-state index contributed by atoms with van der Waals surface area (Å²) < 4.78 is 26.8. The molecule has 104 valence electrons. The van der Waals surface area contributed by atoms with Crippen molar-refractivity contribution in [1.29, 1.82) is 5.26 Å². The first-order valence-electron chi connectivity index (χ1n) is 5.59. The molecule has 8 heteroatoms. The van der Waals surface area contributed by atoms with Gasteiger partial charge in [-0.05, 0) is 31.5 Å². The molecule has 2 aromatic heterocycles. The molecule has 0 aromatic carbocycles. The van der Waals surface area contributed by atoms with Crippen molar-refractivity contribution < 1.29 is 8.42 Å². The van der Waals surface area contributed by atoms with Gasteiger partial charge in [0.2, 0.25) is 0 Å². The van der Waals surface area contributed by atoms with Crippen LogP contribution in [0, 0.1) is 25.2 Å². The second-order valence-electron chi connectivity index (χ2n) is 4.12. The van der Waals surface area contributed by atoms with E-state index in [2.05, 4.69) is 9.71 Å². The Labute approximate surface area is 120 Å². The lowest BCUT2D eigenvalue weighted by Crippen LogP contribution is -2.13. The number of hydrogen-bond acceptors (Lipinski definition) is 6. The minimum atomic E-state index is -3.77. The molecule has 0 radical (unpaired) electrons. The lowest BCUT2D eigenvalue weighted by Gasteiger charge is -2.06. The number of hydrogen-bond donors (Lipinski definition) is 2. The van der Waals surface area contributed by atoms with Gasteiger partial charge in [0.1, 0.15) is 21.8 Å². The van der Waals surface area contributed by atoms with Crippen LogP contribution in [0.5, 0.6) is 0 Å². The summed E-state index contributed by atoms with van der Waals surface area (Å²) in [6, 6.07) is 4.79. The van der Waals surface area contributed by atoms with Crippen molar-refractivity contribution in [3.63, 3.8) is 0 Å². The van der Waals surface area contributed by atoms with Gasteiger partial charge in [0.25, 0.3) is 10.0 Å². The Kier molecular flexibility index (Phi) is 3.65. The van der Waals surface area contributed by atoms with Crippen molar-refractivity contribution in [2.24, 2.45) is 0 Å². The zero-order valence-corrected chi connectivity index (χ0v) is 12.5. The molecule has 0 atom stereocenters. The molecule has 0 aliphatic rings. The summed E-state index contributed by atoms with van der Waals surface area (Å²) in [5.74, 6) is 0.240. The number of anilines is 2. The molecule has 0 amide bonds. The fraction of sp³-hybridized carbons (Fsp3) is 0.167. The van der Waals surface area contributed by atoms with Gasteiger partial charge in [-0.25, -0.2) is 13.4 Å². The molecule has 0 unspecified atom stereocenters. The average Bonchev–Trinajstić information content (AvgIpc) is 2.64. The van der Waals surface area contributed by atoms with Crippen LogP contribution in [0.2, 0.25) is 0 Å². The van der Waals surface area contributed by atoms with Crippen molar-refractivity contribution in [3.8, 4) is 6.07 Å². The van der Waals surface area contributed by atoms with E-state index in [9.17, 15) is 8.42 Å². The maximum atomic E-state index is 12.2. The van der Waals surface area contributed by atoms with E-state index in [4.69, 9.17) is 11.0 Å². The minimum absolute atomic E-state index is 0.000652. The molecule has 0 fully saturated rings. The number of aromatic nitrogens is 1. The van der Waals surface area contributed by atoms with Crippen LogP contribution in [0.3, 0.4) is 0 Å². The number of nitriles is 1. The third-order valence-corrected chi connectivity index (χ3v) is 5.38. The van der Waals surface area contributed by atoms with Gasteiger partial charge in [-0.3, -0.25) is 4.72 Å². The molecule has 2 rings (SSSR count). The third kappa shape index (κ3) is 2.59. The summed E-state index contributed by atoms with van der Waals surface area (Å²) in [6.45, 7) is 3.62. The highest BCUT2D eigenvalue weighted by Crippen LogP contribution is 2.33. The lowest BCUT2D eigenvalue weighted by atomic mass is 10.2. The number of nitrogens with one attached hydrogen (secondary N) is 1. The van der Waals surface area contributed by atoms with Crippen LogP contribution in [-0.2, 0) is 10.0 Å². The summed E-state index contributed by atoms with van der Waals surface area (Å²) in [5.41, 5.74) is 6.55. The molecule has 0 saturated heterocycles. The summed E-state index contributed by atoms with van der Waals surface area (Å²) in [4.78, 5) is 4.65. The maximum absolute atomic E-state index is 12.2. The Morgan fingerprint density at radius 1 is 1.40 bits per heavy atom. The van der Waals surface area contributed by atoms with E-state index in [1.165, 1.54) is 29.7 Å². The highest BCUT2D eigenvalue weighted by atomic mass is 32.2. The Morgan fingerprint density at radius 3 is 2.65 bits per heavy atom. The van der Waals surface area contributed by atoms with E-state index < -0.39 is 10.0 Å². The predicted molar refractivity (Wildman–Crippen MR) is 78.0 cm³/mol. The van der Waals surface area contributed by atoms with E-state index >= 15 is 0 Å². The predicted octanol–water partition coefficient (Wildman–Crippen LogP) is 2.01. The number of nitrogens with two attached hydrogens (primary N) is 1. The van der Waals surface area contributed by atoms with E-state index in [-0.39, 0.29) is 10.7 Å². The molecule has 2 heterocycles. The van der Waals surface area contributed by atoms with Gasteiger partial charge in [0, 0.05) is 11.1 Å². The number of aryl methyl sites for hydroxylation is 1. The van der Waals surface area contributed by atoms with E-state index in [0.717, 1.165) is 10.4 Å². The highest BCUT2D eigenvalue weighted by Gasteiger charge is 2.20. The van der Waals surface area contributed by atoms with Crippen molar-refractivity contribution in [2.75, 3.05) is 10.5 Å². The molecule has 0 bridgehead atoms. The second kappa shape index (κ2) is 5.11. The molecule has 20 heavy (non-hydrogen) atoms. The van der Waals surface area contributed by atoms with E-state index in [1.54, 1.807) is 6.92 Å². The van der Waals surface area contributed by atoms with E-state index in [0.29, 0.717) is 10.6 Å². The van der Waals surface area contributed by atoms with Crippen LogP contribution in [0.25, 0.3) is 0 Å². The molecular weight excluding hydrogens is 296 g/mol. The SMILES string of the molecule is Cc1sc(NS(=O)(=O)c2ccc(N)nc2)c(C#N)c1C. The number of pyridine rings is 1. The smallest absolute Gasteiger partial charge is 0.264 e. The first-order valence-corrected chi connectivity index (χ1v) is 7.89. The molecular formula is C12H12N4O2S2. The number of thiophene rings is 1. The van der Waals surface area contributed by atoms with Crippen LogP contribution >= 0.6 is 11.3 Å². The van der Waals surface area contributed by atoms with Gasteiger partial charge in [-0.2, -0.15) is 5.26 Å². The summed E-state index contributed by atoms with van der Waals surface area (Å²) in [6.07, 6.45) is 1.18. The quantitative estimate of drug-likeness (QED) is 0.901. The number of sulfonamides is 1. The van der Waals surface area contributed by atoms with Crippen LogP contribution in [0.15, 0.2) is 23.2 Å². The van der Waals surface area contributed by atoms with Crippen molar-refractivity contribution >= 4 is 32.2 Å². The zero-order chi connectivity index (χ0) is 14.9. The minimum Gasteiger partial charge on any atom is -0.384 e. The highest BCUT2D eigenvalue weighted by molar-refractivity contribution is 7.93. The molecule has 0 saturated carbocycles. The molecule has 0 aliphatic carbocycles. The normalized spacial score (nSPS) is 11.1. The summed E-state index contributed by atoms with van der Waals surface area (Å²) >= 11 is 1.23. The largest absolute Gasteiger partial charge is 0.384 e. The summed E-state index contributed by atoms with van der Waals surface area (Å²) in [5, 5.41) is 9.43. The Bertz CT molecular complexity index is 786. The molecule has 0 aliphatic heterocycles. The first kappa shape index (κ1) is 14.3. The second-order valence-corrected chi connectivity index (χ2v) is 7.03. The summed E-state index contributed by atoms with van der Waals surface area (Å²) in [7, 11) is -3.77. The van der Waals surface area contributed by atoms with Gasteiger partial charge in [-0.1, -0.05) is 0 Å². The lowest BCUT2D eigenvalue weighted by molar-refractivity contribution is 0.601. The van der Waals surface area contributed by atoms with Gasteiger partial charge < -0.3 is 5.73 Å². The number of nitrogens with zero attached hydrogens (tertiary/aromatic N) is 2. The zero-order valence-electron chi connectivity index (χ0n) is 10.8. The van der Waals surface area contributed by atoms with Crippen LogP contribution in [0.4, 0.5) is 10.8 Å². The molecule has 2 aromatic rings. The molecule has 6 nitrogen and oxygen atoms in total. The van der Waals surface area contributed by atoms with Gasteiger partial charge >= 0.3 is 0 Å². The Hall–Kier alpha value is -2.11. The topological polar surface area (TPSA) is 109 Å². The third-order valence-electron chi connectivity index (χ3n) is 2.79. The monoisotopic (exact) mass is 308 g/mol. The van der Waals surface area contributed by atoms with Crippen molar-refractivity contribution in [3.05, 3.63) is 34.3 Å². The van der Waals surface area contributed by atoms with Gasteiger partial charge in [0.05, 0.1) is 5.56 Å². The van der Waals surface area contributed by atoms with Gasteiger partial charge in [-0.15, -0.1) is 11.3 Å². The van der Waals surface area contributed by atoms with Gasteiger partial charge in [0.15, 0.2) is 0 Å². The van der Waals surface area contributed by atoms with Crippen molar-refractivity contribution in [1.82, 2.24) is 4.98 Å². The van der Waals surface area contributed by atoms with E-state index in [1.807, 2.05) is 13.0 Å². The fourth-order valence-corrected chi connectivity index (χ4v) is 3.83. The Balaban J connectivity index is 2.41. The molecule has 3 N–H and O–H groups in total. The first-order chi connectivity index (χ1) is 9.35. The Morgan fingerprint density at radius 2 is 2.10 bits per heavy atom. The fourth-order valence-electron chi connectivity index (χ4n) is 1.57. The van der Waals surface area contributed by atoms with Crippen molar-refractivity contribution in [2.45, 2.75) is 18.7 Å². The number of nitrogen functional groups attached to an aromatic ring is 1. The van der Waals surface area contributed by atoms with Crippen LogP contribution in [0.1, 0.15) is 16.0 Å². The van der Waals surface area contributed by atoms with Crippen LogP contribution in [-0.4, -0.2) is 13.4 Å². The molecule has 0 spiro atoms. The number of rotatable bonds is 3. The maximum Gasteiger partial charge on any atom is 0.264 e. The van der Waals surface area contributed by atoms with Crippen LogP contribution < -0.4 is 10.5 Å². The average molecular weight is 308 g/mol.